The Balaban J connectivity index is 2.09. The van der Waals surface area contributed by atoms with E-state index in [1.165, 1.54) is 12.1 Å². The average molecular weight is 317 g/mol. The zero-order chi connectivity index (χ0) is 13.1. The minimum atomic E-state index is -0.409. The van der Waals surface area contributed by atoms with E-state index in [1.54, 1.807) is 11.0 Å². The number of anilines is 1. The number of aliphatic hydroxyl groups is 1. The molecule has 4 nitrogen and oxygen atoms in total. The molecule has 1 unspecified atom stereocenters. The van der Waals surface area contributed by atoms with Crippen molar-refractivity contribution < 1.29 is 14.3 Å². The normalized spacial score (nSPS) is 19.1. The largest absolute Gasteiger partial charge is 0.394 e. The monoisotopic (exact) mass is 316 g/mol. The second kappa shape index (κ2) is 5.67. The lowest BCUT2D eigenvalue weighted by atomic mass is 10.2. The van der Waals surface area contributed by atoms with Crippen molar-refractivity contribution in [2.45, 2.75) is 18.9 Å². The number of hydrogen-bond donors (Lipinski definition) is 2. The van der Waals surface area contributed by atoms with E-state index >= 15 is 0 Å². The maximum absolute atomic E-state index is 13.1. The third-order valence-corrected chi connectivity index (χ3v) is 3.71. The van der Waals surface area contributed by atoms with Gasteiger partial charge in [0.25, 0.3) is 0 Å². The van der Waals surface area contributed by atoms with Crippen LogP contribution in [-0.4, -0.2) is 35.2 Å². The molecule has 2 amide bonds. The number of amides is 2. The molecule has 1 heterocycles. The van der Waals surface area contributed by atoms with E-state index in [1.807, 2.05) is 0 Å². The van der Waals surface area contributed by atoms with Crippen molar-refractivity contribution in [1.82, 2.24) is 4.90 Å². The minimum Gasteiger partial charge on any atom is -0.394 e. The highest BCUT2D eigenvalue weighted by Crippen LogP contribution is 2.25. The average Bonchev–Trinajstić information content (AvgIpc) is 2.82. The van der Waals surface area contributed by atoms with Gasteiger partial charge in [-0.05, 0) is 47.0 Å². The SMILES string of the molecule is O=C(Nc1cc(F)ccc1Br)N1CCCC1CO. The Morgan fingerprint density at radius 3 is 3.11 bits per heavy atom. The quantitative estimate of drug-likeness (QED) is 0.881. The van der Waals surface area contributed by atoms with E-state index in [4.69, 9.17) is 5.11 Å². The van der Waals surface area contributed by atoms with Crippen LogP contribution in [0.3, 0.4) is 0 Å². The number of rotatable bonds is 2. The third-order valence-electron chi connectivity index (χ3n) is 3.02. The van der Waals surface area contributed by atoms with Gasteiger partial charge in [-0.25, -0.2) is 9.18 Å². The summed E-state index contributed by atoms with van der Waals surface area (Å²) in [4.78, 5) is 13.6. The van der Waals surface area contributed by atoms with Crippen LogP contribution in [0.1, 0.15) is 12.8 Å². The molecule has 1 aromatic carbocycles. The Labute approximate surface area is 113 Å². The van der Waals surface area contributed by atoms with E-state index in [-0.39, 0.29) is 18.7 Å². The van der Waals surface area contributed by atoms with Crippen LogP contribution >= 0.6 is 15.9 Å². The highest BCUT2D eigenvalue weighted by atomic mass is 79.9. The molecule has 0 radical (unpaired) electrons. The molecule has 0 aromatic heterocycles. The van der Waals surface area contributed by atoms with Crippen LogP contribution in [0.15, 0.2) is 22.7 Å². The summed E-state index contributed by atoms with van der Waals surface area (Å²) in [5.41, 5.74) is 0.392. The summed E-state index contributed by atoms with van der Waals surface area (Å²) in [7, 11) is 0. The van der Waals surface area contributed by atoms with Gasteiger partial charge < -0.3 is 15.3 Å². The summed E-state index contributed by atoms with van der Waals surface area (Å²) in [5, 5.41) is 11.8. The van der Waals surface area contributed by atoms with Crippen molar-refractivity contribution in [3.63, 3.8) is 0 Å². The second-order valence-corrected chi connectivity index (χ2v) is 5.08. The first-order chi connectivity index (χ1) is 8.61. The minimum absolute atomic E-state index is 0.0439. The first kappa shape index (κ1) is 13.3. The van der Waals surface area contributed by atoms with Crippen LogP contribution in [0.25, 0.3) is 0 Å². The van der Waals surface area contributed by atoms with Crippen molar-refractivity contribution >= 4 is 27.6 Å². The standard InChI is InChI=1S/C12H14BrFN2O2/c13-10-4-3-8(14)6-11(10)15-12(18)16-5-1-2-9(16)7-17/h3-4,6,9,17H,1-2,5,7H2,(H,15,18). The van der Waals surface area contributed by atoms with Gasteiger partial charge in [-0.3, -0.25) is 0 Å². The fourth-order valence-corrected chi connectivity index (χ4v) is 2.42. The zero-order valence-electron chi connectivity index (χ0n) is 9.70. The van der Waals surface area contributed by atoms with Crippen LogP contribution < -0.4 is 5.32 Å². The topological polar surface area (TPSA) is 52.6 Å². The Hall–Kier alpha value is -1.14. The highest BCUT2D eigenvalue weighted by Gasteiger charge is 2.28. The summed E-state index contributed by atoms with van der Waals surface area (Å²) in [5.74, 6) is -0.409. The molecule has 6 heteroatoms. The van der Waals surface area contributed by atoms with Crippen LogP contribution in [0.5, 0.6) is 0 Å². The molecule has 1 aromatic rings. The third kappa shape index (κ3) is 2.81. The van der Waals surface area contributed by atoms with E-state index in [0.717, 1.165) is 12.8 Å². The molecule has 98 valence electrons. The van der Waals surface area contributed by atoms with Crippen molar-refractivity contribution in [2.75, 3.05) is 18.5 Å². The van der Waals surface area contributed by atoms with Crippen molar-refractivity contribution in [2.24, 2.45) is 0 Å². The molecule has 0 spiro atoms. The van der Waals surface area contributed by atoms with Crippen LogP contribution in [0.2, 0.25) is 0 Å². The first-order valence-corrected chi connectivity index (χ1v) is 6.54. The second-order valence-electron chi connectivity index (χ2n) is 4.23. The molecular formula is C12H14BrFN2O2. The van der Waals surface area contributed by atoms with E-state index in [9.17, 15) is 9.18 Å². The maximum Gasteiger partial charge on any atom is 0.322 e. The first-order valence-electron chi connectivity index (χ1n) is 5.75. The van der Waals surface area contributed by atoms with Gasteiger partial charge in [0.05, 0.1) is 18.3 Å². The van der Waals surface area contributed by atoms with Crippen molar-refractivity contribution in [1.29, 1.82) is 0 Å². The number of likely N-dealkylation sites (tertiary alicyclic amines) is 1. The van der Waals surface area contributed by atoms with E-state index in [2.05, 4.69) is 21.2 Å². The van der Waals surface area contributed by atoms with Crippen LogP contribution in [0, 0.1) is 5.82 Å². The number of hydrogen-bond acceptors (Lipinski definition) is 2. The molecule has 0 saturated carbocycles. The number of urea groups is 1. The Kier molecular flexibility index (Phi) is 4.19. The van der Waals surface area contributed by atoms with Crippen molar-refractivity contribution in [3.8, 4) is 0 Å². The Bertz CT molecular complexity index is 456. The number of carbonyl (C=O) groups excluding carboxylic acids is 1. The van der Waals surface area contributed by atoms with Crippen LogP contribution in [-0.2, 0) is 0 Å². The predicted octanol–water partition coefficient (Wildman–Crippen LogP) is 2.58. The number of nitrogens with zero attached hydrogens (tertiary/aromatic N) is 1. The van der Waals surface area contributed by atoms with Gasteiger partial charge in [0.1, 0.15) is 5.82 Å². The fraction of sp³-hybridized carbons (Fsp3) is 0.417. The number of carbonyl (C=O) groups is 1. The molecule has 2 rings (SSSR count). The van der Waals surface area contributed by atoms with Crippen molar-refractivity contribution in [3.05, 3.63) is 28.5 Å². The molecule has 0 bridgehead atoms. The summed E-state index contributed by atoms with van der Waals surface area (Å²) in [6, 6.07) is 3.66. The molecule has 1 aliphatic rings. The fourth-order valence-electron chi connectivity index (χ4n) is 2.07. The van der Waals surface area contributed by atoms with Gasteiger partial charge in [0.2, 0.25) is 0 Å². The predicted molar refractivity (Wildman–Crippen MR) is 69.9 cm³/mol. The van der Waals surface area contributed by atoms with Gasteiger partial charge in [0.15, 0.2) is 0 Å². The van der Waals surface area contributed by atoms with Gasteiger partial charge in [-0.2, -0.15) is 0 Å². The maximum atomic E-state index is 13.1. The van der Waals surface area contributed by atoms with Gasteiger partial charge >= 0.3 is 6.03 Å². The number of aliphatic hydroxyl groups excluding tert-OH is 1. The highest BCUT2D eigenvalue weighted by molar-refractivity contribution is 9.10. The lowest BCUT2D eigenvalue weighted by molar-refractivity contribution is 0.166. The molecular weight excluding hydrogens is 303 g/mol. The zero-order valence-corrected chi connectivity index (χ0v) is 11.3. The summed E-state index contributed by atoms with van der Waals surface area (Å²) in [6.45, 7) is 0.571. The Morgan fingerprint density at radius 2 is 2.39 bits per heavy atom. The molecule has 1 atom stereocenters. The number of benzene rings is 1. The smallest absolute Gasteiger partial charge is 0.322 e. The van der Waals surface area contributed by atoms with E-state index < -0.39 is 5.82 Å². The van der Waals surface area contributed by atoms with Gasteiger partial charge in [-0.15, -0.1) is 0 Å². The molecule has 1 aliphatic heterocycles. The van der Waals surface area contributed by atoms with E-state index in [0.29, 0.717) is 16.7 Å². The Morgan fingerprint density at radius 1 is 1.61 bits per heavy atom. The molecule has 1 fully saturated rings. The van der Waals surface area contributed by atoms with Crippen LogP contribution in [0.4, 0.5) is 14.9 Å². The van der Waals surface area contributed by atoms with Gasteiger partial charge in [-0.1, -0.05) is 0 Å². The molecule has 2 N–H and O–H groups in total. The molecule has 18 heavy (non-hydrogen) atoms. The summed E-state index contributed by atoms with van der Waals surface area (Å²) in [6.07, 6.45) is 1.68. The number of halogens is 2. The number of nitrogens with one attached hydrogen (secondary N) is 1. The summed E-state index contributed by atoms with van der Waals surface area (Å²) >= 11 is 3.25. The lowest BCUT2D eigenvalue weighted by Crippen LogP contribution is -2.40. The molecule has 0 aliphatic carbocycles. The summed E-state index contributed by atoms with van der Waals surface area (Å²) < 4.78 is 13.7. The lowest BCUT2D eigenvalue weighted by Gasteiger charge is -2.23. The van der Waals surface area contributed by atoms with Gasteiger partial charge in [0, 0.05) is 11.0 Å². The molecule has 1 saturated heterocycles.